The summed E-state index contributed by atoms with van der Waals surface area (Å²) in [5.74, 6) is -0.727. The summed E-state index contributed by atoms with van der Waals surface area (Å²) >= 11 is 0. The number of pyridine rings is 1. The highest BCUT2D eigenvalue weighted by molar-refractivity contribution is 7.89. The minimum absolute atomic E-state index is 0.260. The summed E-state index contributed by atoms with van der Waals surface area (Å²) in [6, 6.07) is 2.90. The number of nitriles is 1. The van der Waals surface area contributed by atoms with Gasteiger partial charge in [0.25, 0.3) is 0 Å². The Morgan fingerprint density at radius 2 is 2.06 bits per heavy atom. The van der Waals surface area contributed by atoms with Gasteiger partial charge in [-0.05, 0) is 18.9 Å². The van der Waals surface area contributed by atoms with Crippen LogP contribution in [-0.2, 0) is 10.0 Å². The van der Waals surface area contributed by atoms with E-state index < -0.39 is 21.4 Å². The van der Waals surface area contributed by atoms with Gasteiger partial charge in [0.05, 0.1) is 12.3 Å². The fourth-order valence-electron chi connectivity index (χ4n) is 2.07. The lowest BCUT2D eigenvalue weighted by Gasteiger charge is -2.21. The minimum Gasteiger partial charge on any atom is -0.260 e. The normalized spacial score (nSPS) is 18.4. The highest BCUT2D eigenvalue weighted by Gasteiger charge is 2.38. The number of nitrogens with zero attached hydrogens (tertiary/aromatic N) is 2. The molecule has 1 heterocycles. The highest BCUT2D eigenvalue weighted by Crippen LogP contribution is 2.30. The van der Waals surface area contributed by atoms with Crippen molar-refractivity contribution < 1.29 is 12.8 Å². The number of rotatable bonds is 3. The van der Waals surface area contributed by atoms with E-state index in [4.69, 9.17) is 5.26 Å². The highest BCUT2D eigenvalue weighted by atomic mass is 32.2. The molecule has 0 unspecified atom stereocenters. The molecular formula is C11H12FN3O2S. The molecule has 0 amide bonds. The Morgan fingerprint density at radius 1 is 1.39 bits per heavy atom. The Morgan fingerprint density at radius 3 is 2.61 bits per heavy atom. The summed E-state index contributed by atoms with van der Waals surface area (Å²) in [7, 11) is -3.91. The van der Waals surface area contributed by atoms with Crippen molar-refractivity contribution in [2.45, 2.75) is 36.1 Å². The zero-order valence-corrected chi connectivity index (χ0v) is 10.4. The Bertz CT molecular complexity index is 589. The quantitative estimate of drug-likeness (QED) is 0.897. The van der Waals surface area contributed by atoms with E-state index in [1.165, 1.54) is 0 Å². The Labute approximate surface area is 105 Å². The van der Waals surface area contributed by atoms with Crippen LogP contribution in [0.1, 0.15) is 25.7 Å². The van der Waals surface area contributed by atoms with Gasteiger partial charge in [0.15, 0.2) is 0 Å². The molecular weight excluding hydrogens is 257 g/mol. The van der Waals surface area contributed by atoms with Crippen molar-refractivity contribution in [1.82, 2.24) is 9.71 Å². The summed E-state index contributed by atoms with van der Waals surface area (Å²) in [5, 5.41) is 9.11. The lowest BCUT2D eigenvalue weighted by molar-refractivity contribution is 0.484. The number of aromatic nitrogens is 1. The SMILES string of the molecule is N#CC1(NS(=O)(=O)c2cncc(F)c2)CCCC1. The Balaban J connectivity index is 2.30. The van der Waals surface area contributed by atoms with Crippen LogP contribution in [0.2, 0.25) is 0 Å². The zero-order chi connectivity index (χ0) is 13.2. The first-order valence-electron chi connectivity index (χ1n) is 5.53. The fourth-order valence-corrected chi connectivity index (χ4v) is 3.42. The van der Waals surface area contributed by atoms with Crippen molar-refractivity contribution in [1.29, 1.82) is 5.26 Å². The van der Waals surface area contributed by atoms with Crippen LogP contribution in [0.15, 0.2) is 23.4 Å². The molecule has 1 saturated carbocycles. The maximum absolute atomic E-state index is 13.0. The summed E-state index contributed by atoms with van der Waals surface area (Å²) in [6.07, 6.45) is 4.55. The summed E-state index contributed by atoms with van der Waals surface area (Å²) in [6.45, 7) is 0. The maximum atomic E-state index is 13.0. The van der Waals surface area contributed by atoms with Gasteiger partial charge in [-0.15, -0.1) is 0 Å². The molecule has 1 N–H and O–H groups in total. The third-order valence-electron chi connectivity index (χ3n) is 2.99. The third kappa shape index (κ3) is 2.49. The predicted molar refractivity (Wildman–Crippen MR) is 61.3 cm³/mol. The van der Waals surface area contributed by atoms with E-state index in [0.717, 1.165) is 31.3 Å². The van der Waals surface area contributed by atoms with E-state index in [9.17, 15) is 12.8 Å². The van der Waals surface area contributed by atoms with Gasteiger partial charge in [0, 0.05) is 6.20 Å². The lowest BCUT2D eigenvalue weighted by Crippen LogP contribution is -2.44. The van der Waals surface area contributed by atoms with Crippen LogP contribution in [0.25, 0.3) is 0 Å². The average Bonchev–Trinajstić information content (AvgIpc) is 2.77. The van der Waals surface area contributed by atoms with E-state index >= 15 is 0 Å². The van der Waals surface area contributed by atoms with Crippen LogP contribution in [0.5, 0.6) is 0 Å². The van der Waals surface area contributed by atoms with Gasteiger partial charge in [-0.1, -0.05) is 12.8 Å². The van der Waals surface area contributed by atoms with Crippen LogP contribution in [-0.4, -0.2) is 18.9 Å². The van der Waals surface area contributed by atoms with E-state index in [1.54, 1.807) is 0 Å². The lowest BCUT2D eigenvalue weighted by atomic mass is 10.0. The Kier molecular flexibility index (Phi) is 3.32. The van der Waals surface area contributed by atoms with E-state index in [0.29, 0.717) is 12.8 Å². The second-order valence-electron chi connectivity index (χ2n) is 4.35. The van der Waals surface area contributed by atoms with E-state index in [-0.39, 0.29) is 4.90 Å². The maximum Gasteiger partial charge on any atom is 0.243 e. The molecule has 0 saturated heterocycles. The number of nitrogens with one attached hydrogen (secondary N) is 1. The molecule has 18 heavy (non-hydrogen) atoms. The molecule has 1 aliphatic carbocycles. The van der Waals surface area contributed by atoms with Crippen LogP contribution in [0, 0.1) is 17.1 Å². The van der Waals surface area contributed by atoms with Crippen molar-refractivity contribution in [2.24, 2.45) is 0 Å². The monoisotopic (exact) mass is 269 g/mol. The molecule has 0 atom stereocenters. The van der Waals surface area contributed by atoms with Crippen LogP contribution in [0.4, 0.5) is 4.39 Å². The topological polar surface area (TPSA) is 82.9 Å². The third-order valence-corrected chi connectivity index (χ3v) is 4.49. The van der Waals surface area contributed by atoms with Gasteiger partial charge >= 0.3 is 0 Å². The van der Waals surface area contributed by atoms with E-state index in [1.807, 2.05) is 6.07 Å². The number of hydrogen-bond donors (Lipinski definition) is 1. The van der Waals surface area contributed by atoms with Gasteiger partial charge in [0.1, 0.15) is 16.3 Å². The second-order valence-corrected chi connectivity index (χ2v) is 6.03. The first kappa shape index (κ1) is 12.9. The molecule has 0 aliphatic heterocycles. The molecule has 1 aromatic rings. The molecule has 1 aromatic heterocycles. The van der Waals surface area contributed by atoms with Crippen LogP contribution >= 0.6 is 0 Å². The standard InChI is InChI=1S/C11H12FN3O2S/c12-9-5-10(7-14-6-9)18(16,17)15-11(8-13)3-1-2-4-11/h5-7,15H,1-4H2. The molecule has 96 valence electrons. The number of halogens is 1. The second kappa shape index (κ2) is 4.63. The summed E-state index contributed by atoms with van der Waals surface area (Å²) in [5.41, 5.74) is -1.06. The average molecular weight is 269 g/mol. The van der Waals surface area contributed by atoms with Crippen LogP contribution < -0.4 is 4.72 Å². The van der Waals surface area contributed by atoms with Crippen molar-refractivity contribution >= 4 is 10.0 Å². The van der Waals surface area contributed by atoms with Gasteiger partial charge < -0.3 is 0 Å². The molecule has 0 aromatic carbocycles. The van der Waals surface area contributed by atoms with Gasteiger partial charge in [-0.25, -0.2) is 12.8 Å². The summed E-state index contributed by atoms with van der Waals surface area (Å²) in [4.78, 5) is 3.24. The fraction of sp³-hybridized carbons (Fsp3) is 0.455. The van der Waals surface area contributed by atoms with Crippen LogP contribution in [0.3, 0.4) is 0 Å². The first-order chi connectivity index (χ1) is 8.47. The molecule has 7 heteroatoms. The predicted octanol–water partition coefficient (Wildman–Crippen LogP) is 1.34. The zero-order valence-electron chi connectivity index (χ0n) is 9.56. The van der Waals surface area contributed by atoms with Gasteiger partial charge in [0.2, 0.25) is 10.0 Å². The smallest absolute Gasteiger partial charge is 0.243 e. The van der Waals surface area contributed by atoms with Crippen molar-refractivity contribution in [3.05, 3.63) is 24.3 Å². The number of hydrogen-bond acceptors (Lipinski definition) is 4. The summed E-state index contributed by atoms with van der Waals surface area (Å²) < 4.78 is 39.4. The van der Waals surface area contributed by atoms with Gasteiger partial charge in [-0.2, -0.15) is 9.98 Å². The minimum atomic E-state index is -3.91. The van der Waals surface area contributed by atoms with Crippen molar-refractivity contribution in [2.75, 3.05) is 0 Å². The molecule has 5 nitrogen and oxygen atoms in total. The molecule has 1 fully saturated rings. The molecule has 0 spiro atoms. The van der Waals surface area contributed by atoms with E-state index in [2.05, 4.69) is 9.71 Å². The van der Waals surface area contributed by atoms with Gasteiger partial charge in [-0.3, -0.25) is 4.98 Å². The molecule has 0 bridgehead atoms. The number of sulfonamides is 1. The first-order valence-corrected chi connectivity index (χ1v) is 7.02. The molecule has 1 aliphatic rings. The van der Waals surface area contributed by atoms with Crippen molar-refractivity contribution in [3.63, 3.8) is 0 Å². The Hall–Kier alpha value is -1.52. The van der Waals surface area contributed by atoms with Crippen molar-refractivity contribution in [3.8, 4) is 6.07 Å². The largest absolute Gasteiger partial charge is 0.260 e. The molecule has 2 rings (SSSR count). The molecule has 0 radical (unpaired) electrons.